The molecule has 1 fully saturated rings. The van der Waals surface area contributed by atoms with E-state index in [1.54, 1.807) is 0 Å². The van der Waals surface area contributed by atoms with E-state index in [0.29, 0.717) is 5.75 Å². The van der Waals surface area contributed by atoms with Crippen molar-refractivity contribution >= 4 is 23.2 Å². The average molecular weight is 410 g/mol. The number of hydrogen-bond acceptors (Lipinski definition) is 4. The minimum atomic E-state index is -0.232. The molecule has 0 spiro atoms. The average Bonchev–Trinajstić information content (AvgIpc) is 2.72. The molecule has 0 atom stereocenters. The molecule has 1 saturated heterocycles. The molecule has 2 aromatic rings. The minimum absolute atomic E-state index is 0.0626. The third kappa shape index (κ3) is 5.53. The van der Waals surface area contributed by atoms with Crippen LogP contribution in [0.25, 0.3) is 0 Å². The molecule has 160 valence electrons. The molecule has 0 aliphatic carbocycles. The van der Waals surface area contributed by atoms with E-state index in [9.17, 15) is 9.59 Å². The summed E-state index contributed by atoms with van der Waals surface area (Å²) in [5.74, 6) is 0.152. The number of nitrogens with zero attached hydrogens (tertiary/aromatic N) is 1. The third-order valence-corrected chi connectivity index (χ3v) is 5.51. The maximum Gasteiger partial charge on any atom is 0.262 e. The van der Waals surface area contributed by atoms with Gasteiger partial charge in [0.2, 0.25) is 5.91 Å². The van der Waals surface area contributed by atoms with Crippen LogP contribution in [0.5, 0.6) is 5.75 Å². The Bertz CT molecular complexity index is 879. The molecular weight excluding hydrogens is 378 g/mol. The van der Waals surface area contributed by atoms with E-state index in [1.165, 1.54) is 5.56 Å². The molecule has 6 nitrogen and oxygen atoms in total. The molecule has 0 radical (unpaired) electrons. The number of nitrogens with one attached hydrogen (secondary N) is 1. The first kappa shape index (κ1) is 21.7. The summed E-state index contributed by atoms with van der Waals surface area (Å²) in [7, 11) is 0. The van der Waals surface area contributed by atoms with Crippen LogP contribution in [0.15, 0.2) is 48.5 Å². The molecule has 0 saturated carbocycles. The SMILES string of the molecule is CC(C)(C)c1ccc(OCC(=O)Nc2ccccc2N2CCC(C(N)=O)CC2)cc1. The maximum absolute atomic E-state index is 12.5. The summed E-state index contributed by atoms with van der Waals surface area (Å²) in [6.45, 7) is 7.87. The molecule has 0 unspecified atom stereocenters. The van der Waals surface area contributed by atoms with Crippen LogP contribution in [0, 0.1) is 5.92 Å². The van der Waals surface area contributed by atoms with Crippen LogP contribution in [0.1, 0.15) is 39.2 Å². The molecule has 30 heavy (non-hydrogen) atoms. The first-order chi connectivity index (χ1) is 14.2. The maximum atomic E-state index is 12.5. The van der Waals surface area contributed by atoms with Crippen molar-refractivity contribution in [1.29, 1.82) is 0 Å². The smallest absolute Gasteiger partial charge is 0.262 e. The summed E-state index contributed by atoms with van der Waals surface area (Å²) in [4.78, 5) is 26.1. The van der Waals surface area contributed by atoms with Crippen molar-refractivity contribution in [2.24, 2.45) is 11.7 Å². The number of nitrogens with two attached hydrogens (primary N) is 1. The predicted molar refractivity (Wildman–Crippen MR) is 120 cm³/mol. The van der Waals surface area contributed by atoms with Gasteiger partial charge in [0, 0.05) is 19.0 Å². The summed E-state index contributed by atoms with van der Waals surface area (Å²) < 4.78 is 5.66. The second kappa shape index (κ2) is 9.20. The van der Waals surface area contributed by atoms with Crippen LogP contribution in [0.4, 0.5) is 11.4 Å². The number of amides is 2. The highest BCUT2D eigenvalue weighted by molar-refractivity contribution is 5.95. The van der Waals surface area contributed by atoms with Crippen molar-refractivity contribution in [3.8, 4) is 5.75 Å². The van der Waals surface area contributed by atoms with Gasteiger partial charge in [0.25, 0.3) is 5.91 Å². The number of ether oxygens (including phenoxy) is 1. The zero-order valence-electron chi connectivity index (χ0n) is 18.0. The van der Waals surface area contributed by atoms with Gasteiger partial charge in [-0.3, -0.25) is 9.59 Å². The van der Waals surface area contributed by atoms with Crippen LogP contribution in [0.3, 0.4) is 0 Å². The molecule has 3 rings (SSSR count). The fraction of sp³-hybridized carbons (Fsp3) is 0.417. The Morgan fingerprint density at radius 2 is 1.70 bits per heavy atom. The van der Waals surface area contributed by atoms with Crippen molar-refractivity contribution in [2.75, 3.05) is 29.9 Å². The molecule has 2 aromatic carbocycles. The molecule has 1 aliphatic rings. The Morgan fingerprint density at radius 3 is 2.30 bits per heavy atom. The molecule has 1 heterocycles. The lowest BCUT2D eigenvalue weighted by Crippen LogP contribution is -2.39. The number of anilines is 2. The molecule has 0 aromatic heterocycles. The number of hydrogen-bond donors (Lipinski definition) is 2. The monoisotopic (exact) mass is 409 g/mol. The summed E-state index contributed by atoms with van der Waals surface area (Å²) in [6.07, 6.45) is 1.45. The van der Waals surface area contributed by atoms with Crippen molar-refractivity contribution in [2.45, 2.75) is 39.0 Å². The van der Waals surface area contributed by atoms with E-state index in [2.05, 4.69) is 31.0 Å². The Labute approximate surface area is 178 Å². The van der Waals surface area contributed by atoms with Gasteiger partial charge >= 0.3 is 0 Å². The summed E-state index contributed by atoms with van der Waals surface area (Å²) >= 11 is 0. The first-order valence-corrected chi connectivity index (χ1v) is 10.4. The number of rotatable bonds is 6. The van der Waals surface area contributed by atoms with Crippen LogP contribution >= 0.6 is 0 Å². The predicted octanol–water partition coefficient (Wildman–Crippen LogP) is 3.70. The zero-order valence-corrected chi connectivity index (χ0v) is 18.0. The van der Waals surface area contributed by atoms with E-state index >= 15 is 0 Å². The standard InChI is InChI=1S/C24H31N3O3/c1-24(2,3)18-8-10-19(11-9-18)30-16-22(28)26-20-6-4-5-7-21(20)27-14-12-17(13-15-27)23(25)29/h4-11,17H,12-16H2,1-3H3,(H2,25,29)(H,26,28). The van der Waals surface area contributed by atoms with Crippen LogP contribution < -0.4 is 20.7 Å². The molecular formula is C24H31N3O3. The molecule has 2 amide bonds. The van der Waals surface area contributed by atoms with Gasteiger partial charge in [-0.25, -0.2) is 0 Å². The van der Waals surface area contributed by atoms with Crippen LogP contribution in [0.2, 0.25) is 0 Å². The van der Waals surface area contributed by atoms with Crippen molar-refractivity contribution in [1.82, 2.24) is 0 Å². The normalized spacial score (nSPS) is 15.0. The van der Waals surface area contributed by atoms with Gasteiger partial charge in [-0.1, -0.05) is 45.0 Å². The lowest BCUT2D eigenvalue weighted by atomic mass is 9.87. The topological polar surface area (TPSA) is 84.7 Å². The minimum Gasteiger partial charge on any atom is -0.484 e. The molecule has 6 heteroatoms. The van der Waals surface area contributed by atoms with E-state index in [1.807, 2.05) is 48.5 Å². The van der Waals surface area contributed by atoms with Gasteiger partial charge in [0.15, 0.2) is 6.61 Å². The largest absolute Gasteiger partial charge is 0.484 e. The number of primary amides is 1. The Balaban J connectivity index is 1.58. The fourth-order valence-electron chi connectivity index (χ4n) is 3.65. The van der Waals surface area contributed by atoms with E-state index in [4.69, 9.17) is 10.5 Å². The number of carbonyl (C=O) groups excluding carboxylic acids is 2. The van der Waals surface area contributed by atoms with Crippen molar-refractivity contribution in [3.63, 3.8) is 0 Å². The van der Waals surface area contributed by atoms with Crippen molar-refractivity contribution in [3.05, 3.63) is 54.1 Å². The van der Waals surface area contributed by atoms with Crippen molar-refractivity contribution < 1.29 is 14.3 Å². The first-order valence-electron chi connectivity index (χ1n) is 10.4. The lowest BCUT2D eigenvalue weighted by molar-refractivity contribution is -0.122. The fourth-order valence-corrected chi connectivity index (χ4v) is 3.65. The summed E-state index contributed by atoms with van der Waals surface area (Å²) in [6, 6.07) is 15.5. The number of piperidine rings is 1. The lowest BCUT2D eigenvalue weighted by Gasteiger charge is -2.33. The van der Waals surface area contributed by atoms with Gasteiger partial charge in [-0.15, -0.1) is 0 Å². The number of carbonyl (C=O) groups is 2. The van der Waals surface area contributed by atoms with Gasteiger partial charge < -0.3 is 20.7 Å². The molecule has 3 N–H and O–H groups in total. The van der Waals surface area contributed by atoms with Gasteiger partial charge in [0.05, 0.1) is 11.4 Å². The summed E-state index contributed by atoms with van der Waals surface area (Å²) in [5, 5.41) is 2.95. The highest BCUT2D eigenvalue weighted by atomic mass is 16.5. The van der Waals surface area contributed by atoms with Gasteiger partial charge in [-0.05, 0) is 48.1 Å². The quantitative estimate of drug-likeness (QED) is 0.762. The summed E-state index contributed by atoms with van der Waals surface area (Å²) in [5.41, 5.74) is 8.41. The Hall–Kier alpha value is -3.02. The molecule has 0 bridgehead atoms. The second-order valence-corrected chi connectivity index (χ2v) is 8.79. The molecule has 1 aliphatic heterocycles. The van der Waals surface area contributed by atoms with Crippen LogP contribution in [-0.4, -0.2) is 31.5 Å². The van der Waals surface area contributed by atoms with E-state index in [-0.39, 0.29) is 29.8 Å². The highest BCUT2D eigenvalue weighted by Crippen LogP contribution is 2.30. The second-order valence-electron chi connectivity index (χ2n) is 8.79. The van der Waals surface area contributed by atoms with E-state index in [0.717, 1.165) is 37.3 Å². The third-order valence-electron chi connectivity index (χ3n) is 5.51. The highest BCUT2D eigenvalue weighted by Gasteiger charge is 2.24. The Kier molecular flexibility index (Phi) is 6.65. The van der Waals surface area contributed by atoms with Gasteiger partial charge in [0.1, 0.15) is 5.75 Å². The van der Waals surface area contributed by atoms with Gasteiger partial charge in [-0.2, -0.15) is 0 Å². The number of benzene rings is 2. The zero-order chi connectivity index (χ0) is 21.7. The van der Waals surface area contributed by atoms with E-state index < -0.39 is 0 Å². The Morgan fingerprint density at radius 1 is 1.07 bits per heavy atom. The van der Waals surface area contributed by atoms with Crippen LogP contribution in [-0.2, 0) is 15.0 Å². The number of para-hydroxylation sites is 2.